The number of aromatic nitrogens is 2. The number of carbonyl (C=O) groups is 1. The number of amides is 1. The van der Waals surface area contributed by atoms with Crippen molar-refractivity contribution in [2.24, 2.45) is 0 Å². The van der Waals surface area contributed by atoms with E-state index in [1.54, 1.807) is 30.5 Å². The summed E-state index contributed by atoms with van der Waals surface area (Å²) in [4.78, 5) is 29.7. The summed E-state index contributed by atoms with van der Waals surface area (Å²) in [5.74, 6) is -0.360. The molecule has 3 atom stereocenters. The third-order valence-corrected chi connectivity index (χ3v) is 6.92. The zero-order chi connectivity index (χ0) is 19.1. The maximum atomic E-state index is 12.6. The first-order valence-corrected chi connectivity index (χ1v) is 10.8. The van der Waals surface area contributed by atoms with E-state index in [4.69, 9.17) is 0 Å². The fourth-order valence-corrected chi connectivity index (χ4v) is 4.23. The number of anilines is 1. The molecule has 2 heterocycles. The summed E-state index contributed by atoms with van der Waals surface area (Å²) >= 11 is 8.41. The summed E-state index contributed by atoms with van der Waals surface area (Å²) in [5.41, 5.74) is 0.828. The van der Waals surface area contributed by atoms with Gasteiger partial charge in [-0.1, -0.05) is 12.8 Å². The van der Waals surface area contributed by atoms with Crippen LogP contribution in [0.3, 0.4) is 0 Å². The average Bonchev–Trinajstić information content (AvgIpc) is 2.95. The summed E-state index contributed by atoms with van der Waals surface area (Å²) in [5, 5.41) is 0.695. The molecule has 26 heavy (non-hydrogen) atoms. The lowest BCUT2D eigenvalue weighted by molar-refractivity contribution is -0.119. The fraction of sp³-hybridized carbons (Fsp3) is 0.214. The lowest BCUT2D eigenvalue weighted by atomic mass is 10.2. The molecule has 1 amide bonds. The Hall–Kier alpha value is -1.36. The predicted octanol–water partition coefficient (Wildman–Crippen LogP) is 0.119. The van der Waals surface area contributed by atoms with Gasteiger partial charge in [0.25, 0.3) is 0 Å². The summed E-state index contributed by atoms with van der Waals surface area (Å²) < 4.78 is 23.1. The number of hydrogen-bond donors (Lipinski definition) is 2. The zero-order valence-corrected chi connectivity index (χ0v) is 16.9. The Morgan fingerprint density at radius 2 is 2.15 bits per heavy atom. The third-order valence-electron chi connectivity index (χ3n) is 3.97. The molecule has 1 aliphatic heterocycles. The highest BCUT2D eigenvalue weighted by Gasteiger charge is 2.39. The van der Waals surface area contributed by atoms with E-state index < -0.39 is 20.7 Å². The van der Waals surface area contributed by atoms with Crippen LogP contribution in [-0.2, 0) is 24.9 Å². The van der Waals surface area contributed by atoms with Gasteiger partial charge in [0.15, 0.2) is 0 Å². The van der Waals surface area contributed by atoms with Crippen LogP contribution in [0.1, 0.15) is 6.42 Å². The Bertz CT molecular complexity index is 1030. The highest BCUT2D eigenvalue weighted by molar-refractivity contribution is 8.30. The van der Waals surface area contributed by atoms with Crippen molar-refractivity contribution >= 4 is 59.1 Å². The lowest BCUT2D eigenvalue weighted by Crippen LogP contribution is -2.40. The van der Waals surface area contributed by atoms with Crippen LogP contribution in [0, 0.1) is 0 Å². The first kappa shape index (κ1) is 19.4. The first-order valence-electron chi connectivity index (χ1n) is 7.41. The number of nitrogens with zero attached hydrogens (tertiary/aromatic N) is 4. The van der Waals surface area contributed by atoms with Crippen molar-refractivity contribution < 1.29 is 13.6 Å². The quantitative estimate of drug-likeness (QED) is 0.529. The molecule has 0 aliphatic carbocycles. The van der Waals surface area contributed by atoms with Crippen molar-refractivity contribution in [3.05, 3.63) is 47.1 Å². The van der Waals surface area contributed by atoms with Gasteiger partial charge in [-0.15, -0.1) is 13.0 Å². The molecule has 1 N–H and O–H groups in total. The summed E-state index contributed by atoms with van der Waals surface area (Å²) in [7, 11) is -1.22. The van der Waals surface area contributed by atoms with Gasteiger partial charge in [0.1, 0.15) is 6.04 Å². The highest BCUT2D eigenvalue weighted by Crippen LogP contribution is 2.27. The second kappa shape index (κ2) is 7.34. The van der Waals surface area contributed by atoms with Gasteiger partial charge in [-0.2, -0.15) is 0 Å². The van der Waals surface area contributed by atoms with Crippen molar-refractivity contribution in [2.45, 2.75) is 12.5 Å². The van der Waals surface area contributed by atoms with Crippen molar-refractivity contribution in [3.63, 3.8) is 0 Å². The maximum absolute atomic E-state index is 12.6. The van der Waals surface area contributed by atoms with Crippen LogP contribution in [0.15, 0.2) is 41.5 Å². The maximum Gasteiger partial charge on any atom is 0.352 e. The fourth-order valence-electron chi connectivity index (χ4n) is 2.76. The van der Waals surface area contributed by atoms with E-state index in [1.165, 1.54) is 15.7 Å². The summed E-state index contributed by atoms with van der Waals surface area (Å²) in [6, 6.07) is 5.93. The lowest BCUT2D eigenvalue weighted by Gasteiger charge is -2.22. The van der Waals surface area contributed by atoms with Gasteiger partial charge >= 0.3 is 5.69 Å². The molecule has 12 heteroatoms. The largest absolute Gasteiger partial charge is 0.352 e. The molecule has 0 saturated carbocycles. The number of carbonyl (C=O) groups excluding carboxylic acids is 1. The second-order valence-electron chi connectivity index (χ2n) is 5.56. The van der Waals surface area contributed by atoms with E-state index in [0.717, 1.165) is 3.71 Å². The molecule has 8 nitrogen and oxygen atoms in total. The minimum absolute atomic E-state index is 0.324. The molecular formula is C14H15N4O4PS3. The van der Waals surface area contributed by atoms with Crippen LogP contribution >= 0.6 is 22.1 Å². The van der Waals surface area contributed by atoms with E-state index in [0.29, 0.717) is 29.6 Å². The molecule has 1 aromatic carbocycles. The van der Waals surface area contributed by atoms with Gasteiger partial charge in [-0.25, -0.2) is 14.0 Å². The van der Waals surface area contributed by atoms with Crippen LogP contribution < -0.4 is 15.9 Å². The molecule has 3 rings (SSSR count). The molecule has 1 fully saturated rings. The Morgan fingerprint density at radius 1 is 1.42 bits per heavy atom. The van der Waals surface area contributed by atoms with Crippen LogP contribution in [-0.4, -0.2) is 40.5 Å². The first-order chi connectivity index (χ1) is 12.2. The second-order valence-corrected chi connectivity index (χ2v) is 9.48. The van der Waals surface area contributed by atoms with Crippen LogP contribution in [0.5, 0.6) is 0 Å². The number of benzene rings is 1. The Morgan fingerprint density at radius 3 is 2.77 bits per heavy atom. The molecule has 1 aromatic heterocycles. The number of thiol groups is 1. The van der Waals surface area contributed by atoms with Gasteiger partial charge in [0.2, 0.25) is 14.9 Å². The van der Waals surface area contributed by atoms with Crippen LogP contribution in [0.25, 0.3) is 5.69 Å². The van der Waals surface area contributed by atoms with E-state index in [2.05, 4.69) is 38.2 Å². The Kier molecular flexibility index (Phi) is 5.48. The molecule has 3 unspecified atom stereocenters. The smallest absolute Gasteiger partial charge is 0.310 e. The molecule has 2 aromatic rings. The SMILES string of the molecule is O=C1C(N(S)S(=O)(O)=S)CCN1c1ccc(-n2cccnc2=O)cc1P. The molecule has 1 aliphatic rings. The standard InChI is InChI=1S/C14H15N4O4PS3/c19-13-11(18(24)26(21,22)25)4-7-17(13)10-3-2-9(8-12(10)23)16-6-1-5-15-14(16)20/h1-3,5-6,8,11,24H,4,7,23H2,(H,21,22,25). The van der Waals surface area contributed by atoms with Crippen molar-refractivity contribution in [1.29, 1.82) is 0 Å². The van der Waals surface area contributed by atoms with Crippen molar-refractivity contribution in [3.8, 4) is 5.69 Å². The Labute approximate surface area is 162 Å². The highest BCUT2D eigenvalue weighted by atomic mass is 32.9. The van der Waals surface area contributed by atoms with Crippen molar-refractivity contribution in [1.82, 2.24) is 13.3 Å². The van der Waals surface area contributed by atoms with Gasteiger partial charge in [0, 0.05) is 30.1 Å². The Balaban J connectivity index is 1.91. The van der Waals surface area contributed by atoms with Gasteiger partial charge in [0.05, 0.1) is 11.4 Å². The van der Waals surface area contributed by atoms with Crippen LogP contribution in [0.4, 0.5) is 5.69 Å². The van der Waals surface area contributed by atoms with Gasteiger partial charge < -0.3 is 4.90 Å². The minimum atomic E-state index is -3.75. The predicted molar refractivity (Wildman–Crippen MR) is 109 cm³/mol. The molecule has 0 radical (unpaired) electrons. The average molecular weight is 430 g/mol. The monoisotopic (exact) mass is 430 g/mol. The molecule has 1 saturated heterocycles. The van der Waals surface area contributed by atoms with E-state index in [-0.39, 0.29) is 5.91 Å². The van der Waals surface area contributed by atoms with Crippen LogP contribution in [0.2, 0.25) is 0 Å². The van der Waals surface area contributed by atoms with E-state index in [9.17, 15) is 18.4 Å². The van der Waals surface area contributed by atoms with Gasteiger partial charge in [-0.3, -0.25) is 13.9 Å². The summed E-state index contributed by atoms with van der Waals surface area (Å²) in [6.07, 6.45) is 3.34. The summed E-state index contributed by atoms with van der Waals surface area (Å²) in [6.45, 7) is 0.360. The third kappa shape index (κ3) is 3.68. The van der Waals surface area contributed by atoms with E-state index in [1.807, 2.05) is 0 Å². The van der Waals surface area contributed by atoms with Crippen molar-refractivity contribution in [2.75, 3.05) is 11.4 Å². The number of hydrogen-bond acceptors (Lipinski definition) is 6. The topological polar surface area (TPSA) is 95.7 Å². The number of rotatable bonds is 4. The zero-order valence-electron chi connectivity index (χ0n) is 13.3. The molecule has 0 bridgehead atoms. The van der Waals surface area contributed by atoms with Gasteiger partial charge in [-0.05, 0) is 36.0 Å². The molecule has 138 valence electrons. The normalized spacial score (nSPS) is 19.8. The molecular weight excluding hydrogens is 415 g/mol. The minimum Gasteiger partial charge on any atom is -0.310 e. The molecule has 0 spiro atoms. The van der Waals surface area contributed by atoms with E-state index >= 15 is 0 Å².